The Bertz CT molecular complexity index is 1340. The largest absolute Gasteiger partial charge is 0.393 e. The molecule has 0 aromatic carbocycles. The number of carbonyl (C=O) groups excluding carboxylic acids is 1. The van der Waals surface area contributed by atoms with Crippen molar-refractivity contribution in [1.29, 1.82) is 0 Å². The highest BCUT2D eigenvalue weighted by Gasteiger charge is 2.31. The SMILES string of the molecule is Cc1c(C(=O)N2CCC(O)CC2)sc2c1c(=O)n(CCc1ccncc1)c(=O)n2CCC(F)(F)F. The van der Waals surface area contributed by atoms with Gasteiger partial charge in [0.2, 0.25) is 0 Å². The first-order chi connectivity index (χ1) is 16.6. The van der Waals surface area contributed by atoms with E-state index in [2.05, 4.69) is 4.98 Å². The molecule has 3 aromatic heterocycles. The van der Waals surface area contributed by atoms with E-state index >= 15 is 0 Å². The molecule has 0 unspecified atom stereocenters. The van der Waals surface area contributed by atoms with Crippen molar-refractivity contribution in [1.82, 2.24) is 19.0 Å². The molecule has 1 amide bonds. The number of aliphatic hydroxyl groups is 1. The second-order valence-electron chi connectivity index (χ2n) is 8.62. The molecule has 1 saturated heterocycles. The number of aryl methyl sites for hydroxylation is 3. The summed E-state index contributed by atoms with van der Waals surface area (Å²) in [6.07, 6.45) is -1.91. The number of fused-ring (bicyclic) bond motifs is 1. The van der Waals surface area contributed by atoms with Gasteiger partial charge in [0.15, 0.2) is 0 Å². The number of carbonyl (C=O) groups is 1. The van der Waals surface area contributed by atoms with Gasteiger partial charge in [-0.25, -0.2) is 4.79 Å². The van der Waals surface area contributed by atoms with Crippen LogP contribution in [0.1, 0.15) is 40.1 Å². The lowest BCUT2D eigenvalue weighted by Gasteiger charge is -2.29. The topological polar surface area (TPSA) is 97.4 Å². The molecule has 0 spiro atoms. The van der Waals surface area contributed by atoms with Gasteiger partial charge >= 0.3 is 11.9 Å². The molecule has 0 saturated carbocycles. The van der Waals surface area contributed by atoms with Crippen molar-refractivity contribution >= 4 is 27.5 Å². The average molecular weight is 511 g/mol. The van der Waals surface area contributed by atoms with Crippen LogP contribution in [0.2, 0.25) is 0 Å². The number of halogens is 3. The van der Waals surface area contributed by atoms with Gasteiger partial charge in [0.25, 0.3) is 11.5 Å². The van der Waals surface area contributed by atoms with Gasteiger partial charge in [-0.3, -0.25) is 23.7 Å². The van der Waals surface area contributed by atoms with Crippen LogP contribution in [0.4, 0.5) is 13.2 Å². The maximum absolute atomic E-state index is 13.4. The van der Waals surface area contributed by atoms with Gasteiger partial charge in [0.05, 0.1) is 22.8 Å². The molecule has 1 aliphatic rings. The van der Waals surface area contributed by atoms with Crippen LogP contribution in [0.3, 0.4) is 0 Å². The Morgan fingerprint density at radius 3 is 2.43 bits per heavy atom. The van der Waals surface area contributed by atoms with Crippen molar-refractivity contribution in [2.75, 3.05) is 13.1 Å². The van der Waals surface area contributed by atoms with Crippen LogP contribution in [-0.2, 0) is 19.5 Å². The number of amides is 1. The standard InChI is InChI=1S/C23H25F3N4O4S/c1-14-17-19(32)29(12-4-15-2-8-27-9-3-15)22(34)30(13-7-23(24,25)26)21(17)35-18(14)20(33)28-10-5-16(31)6-11-28/h2-3,8-9,16,31H,4-7,10-13H2,1H3. The van der Waals surface area contributed by atoms with Crippen LogP contribution in [0.5, 0.6) is 0 Å². The summed E-state index contributed by atoms with van der Waals surface area (Å²) in [7, 11) is 0. The number of alkyl halides is 3. The quantitative estimate of drug-likeness (QED) is 0.550. The lowest BCUT2D eigenvalue weighted by Crippen LogP contribution is -2.41. The summed E-state index contributed by atoms with van der Waals surface area (Å²) in [6.45, 7) is 1.58. The zero-order chi connectivity index (χ0) is 25.3. The first-order valence-electron chi connectivity index (χ1n) is 11.3. The van der Waals surface area contributed by atoms with E-state index in [1.165, 1.54) is 0 Å². The van der Waals surface area contributed by atoms with E-state index in [0.29, 0.717) is 37.9 Å². The van der Waals surface area contributed by atoms with Crippen molar-refractivity contribution in [3.05, 3.63) is 61.4 Å². The summed E-state index contributed by atoms with van der Waals surface area (Å²) in [5, 5.41) is 9.82. The molecule has 188 valence electrons. The number of likely N-dealkylation sites (tertiary alicyclic amines) is 1. The Labute approximate surface area is 202 Å². The number of thiophene rings is 1. The molecule has 1 N–H and O–H groups in total. The number of piperidine rings is 1. The minimum Gasteiger partial charge on any atom is -0.393 e. The van der Waals surface area contributed by atoms with Gasteiger partial charge in [0, 0.05) is 38.6 Å². The molecule has 35 heavy (non-hydrogen) atoms. The summed E-state index contributed by atoms with van der Waals surface area (Å²) in [6, 6.07) is 3.46. The van der Waals surface area contributed by atoms with Gasteiger partial charge in [-0.05, 0) is 49.4 Å². The number of nitrogens with zero attached hydrogens (tertiary/aromatic N) is 4. The summed E-state index contributed by atoms with van der Waals surface area (Å²) < 4.78 is 41.0. The Morgan fingerprint density at radius 1 is 1.14 bits per heavy atom. The van der Waals surface area contributed by atoms with Crippen molar-refractivity contribution in [3.63, 3.8) is 0 Å². The van der Waals surface area contributed by atoms with Gasteiger partial charge in [0.1, 0.15) is 4.83 Å². The number of hydrogen-bond acceptors (Lipinski definition) is 6. The number of aliphatic hydroxyl groups excluding tert-OH is 1. The number of rotatable bonds is 6. The Morgan fingerprint density at radius 2 is 1.80 bits per heavy atom. The van der Waals surface area contributed by atoms with E-state index in [-0.39, 0.29) is 27.5 Å². The minimum atomic E-state index is -4.50. The van der Waals surface area contributed by atoms with Gasteiger partial charge in [-0.15, -0.1) is 11.3 Å². The van der Waals surface area contributed by atoms with Crippen molar-refractivity contribution in [2.24, 2.45) is 0 Å². The van der Waals surface area contributed by atoms with Crippen LogP contribution in [0.15, 0.2) is 34.1 Å². The van der Waals surface area contributed by atoms with E-state index in [9.17, 15) is 32.7 Å². The Kier molecular flexibility index (Phi) is 7.13. The molecule has 4 heterocycles. The van der Waals surface area contributed by atoms with Crippen molar-refractivity contribution in [3.8, 4) is 0 Å². The molecular weight excluding hydrogens is 485 g/mol. The third-order valence-electron chi connectivity index (χ3n) is 6.23. The lowest BCUT2D eigenvalue weighted by atomic mass is 10.1. The predicted molar refractivity (Wildman–Crippen MR) is 125 cm³/mol. The van der Waals surface area contributed by atoms with E-state index < -0.39 is 36.5 Å². The molecule has 3 aromatic rings. The third-order valence-corrected chi connectivity index (χ3v) is 7.54. The fourth-order valence-corrected chi connectivity index (χ4v) is 5.52. The van der Waals surface area contributed by atoms with E-state index in [4.69, 9.17) is 0 Å². The summed E-state index contributed by atoms with van der Waals surface area (Å²) in [5.41, 5.74) is -0.283. The molecule has 0 aliphatic carbocycles. The van der Waals surface area contributed by atoms with E-state index in [1.54, 1.807) is 36.4 Å². The zero-order valence-corrected chi connectivity index (χ0v) is 19.9. The lowest BCUT2D eigenvalue weighted by molar-refractivity contribution is -0.136. The monoisotopic (exact) mass is 510 g/mol. The molecule has 1 fully saturated rings. The molecule has 0 bridgehead atoms. The minimum absolute atomic E-state index is 0.0216. The van der Waals surface area contributed by atoms with Gasteiger partial charge < -0.3 is 10.0 Å². The Hall–Kier alpha value is -2.99. The first-order valence-corrected chi connectivity index (χ1v) is 12.1. The molecule has 8 nitrogen and oxygen atoms in total. The normalized spacial score (nSPS) is 15.2. The maximum atomic E-state index is 13.4. The molecule has 0 atom stereocenters. The molecule has 4 rings (SSSR count). The Balaban J connectivity index is 1.80. The van der Waals surface area contributed by atoms with E-state index in [1.807, 2.05) is 0 Å². The molecular formula is C23H25F3N4O4S. The number of aromatic nitrogens is 3. The summed E-state index contributed by atoms with van der Waals surface area (Å²) in [5.74, 6) is -0.354. The zero-order valence-electron chi connectivity index (χ0n) is 19.0. The summed E-state index contributed by atoms with van der Waals surface area (Å²) in [4.78, 5) is 45.5. The van der Waals surface area contributed by atoms with Crippen molar-refractivity contribution < 1.29 is 23.1 Å². The second-order valence-corrected chi connectivity index (χ2v) is 9.62. The summed E-state index contributed by atoms with van der Waals surface area (Å²) >= 11 is 0.875. The highest BCUT2D eigenvalue weighted by molar-refractivity contribution is 7.20. The average Bonchev–Trinajstić information content (AvgIpc) is 3.16. The third kappa shape index (κ3) is 5.32. The predicted octanol–water partition coefficient (Wildman–Crippen LogP) is 2.72. The van der Waals surface area contributed by atoms with Crippen LogP contribution in [0.25, 0.3) is 10.2 Å². The van der Waals surface area contributed by atoms with Gasteiger partial charge in [-0.1, -0.05) is 0 Å². The number of pyridine rings is 1. The molecule has 1 aliphatic heterocycles. The molecule has 12 heteroatoms. The van der Waals surface area contributed by atoms with E-state index in [0.717, 1.165) is 26.0 Å². The van der Waals surface area contributed by atoms with Crippen LogP contribution < -0.4 is 11.2 Å². The second kappa shape index (κ2) is 9.94. The number of hydrogen-bond donors (Lipinski definition) is 1. The van der Waals surface area contributed by atoms with Crippen molar-refractivity contribution in [2.45, 2.75) is 58.0 Å². The fourth-order valence-electron chi connectivity index (χ4n) is 4.23. The highest BCUT2D eigenvalue weighted by atomic mass is 32.1. The van der Waals surface area contributed by atoms with Crippen LogP contribution in [0, 0.1) is 6.92 Å². The fraction of sp³-hybridized carbons (Fsp3) is 0.478. The highest BCUT2D eigenvalue weighted by Crippen LogP contribution is 2.31. The molecule has 0 radical (unpaired) electrons. The maximum Gasteiger partial charge on any atom is 0.390 e. The van der Waals surface area contributed by atoms with Crippen LogP contribution >= 0.6 is 11.3 Å². The smallest absolute Gasteiger partial charge is 0.390 e. The van der Waals surface area contributed by atoms with Crippen LogP contribution in [-0.4, -0.2) is 55.4 Å². The van der Waals surface area contributed by atoms with Gasteiger partial charge in [-0.2, -0.15) is 13.2 Å². The first kappa shape index (κ1) is 25.1.